The van der Waals surface area contributed by atoms with Gasteiger partial charge >= 0.3 is 17.9 Å². The quantitative estimate of drug-likeness (QED) is 0.0902. The number of carbonyl (C=O) groups excluding carboxylic acids is 5. The van der Waals surface area contributed by atoms with Crippen LogP contribution in [0.5, 0.6) is 0 Å². The predicted octanol–water partition coefficient (Wildman–Crippen LogP) is -4.67. The molecule has 4 unspecified atom stereocenters. The minimum Gasteiger partial charge on any atom is -0.481 e. The Bertz CT molecular complexity index is 862. The van der Waals surface area contributed by atoms with Crippen LogP contribution in [0, 0.1) is 0 Å². The van der Waals surface area contributed by atoms with E-state index in [0.29, 0.717) is 0 Å². The third kappa shape index (κ3) is 13.1. The number of carboxylic acids is 3. The summed E-state index contributed by atoms with van der Waals surface area (Å²) < 4.78 is 0. The van der Waals surface area contributed by atoms with Gasteiger partial charge in [-0.2, -0.15) is 0 Å². The number of carbonyl (C=O) groups is 8. The summed E-state index contributed by atoms with van der Waals surface area (Å²) in [4.78, 5) is 92.5. The Morgan fingerprint density at radius 2 is 1.11 bits per heavy atom. The molecule has 0 aliphatic carbocycles. The fraction of sp³-hybridized carbons (Fsp3) is 0.556. The van der Waals surface area contributed by atoms with Crippen LogP contribution in [-0.4, -0.2) is 86.9 Å². The highest BCUT2D eigenvalue weighted by Gasteiger charge is 2.32. The average molecular weight is 504 g/mol. The van der Waals surface area contributed by atoms with Crippen molar-refractivity contribution in [3.8, 4) is 0 Å². The number of primary amides is 2. The van der Waals surface area contributed by atoms with Crippen LogP contribution in [0.15, 0.2) is 0 Å². The summed E-state index contributed by atoms with van der Waals surface area (Å²) in [5, 5.41) is 32.6. The van der Waals surface area contributed by atoms with E-state index in [9.17, 15) is 38.4 Å². The third-order valence-electron chi connectivity index (χ3n) is 4.35. The minimum absolute atomic E-state index is 0.280. The molecule has 196 valence electrons. The molecule has 0 aliphatic heterocycles. The second kappa shape index (κ2) is 14.8. The molecule has 12 N–H and O–H groups in total. The summed E-state index contributed by atoms with van der Waals surface area (Å²) in [5.74, 6) is -9.76. The van der Waals surface area contributed by atoms with Crippen molar-refractivity contribution in [1.82, 2.24) is 16.0 Å². The van der Waals surface area contributed by atoms with Crippen molar-refractivity contribution in [2.45, 2.75) is 62.7 Å². The predicted molar refractivity (Wildman–Crippen MR) is 113 cm³/mol. The van der Waals surface area contributed by atoms with E-state index in [1.807, 2.05) is 5.32 Å². The van der Waals surface area contributed by atoms with Crippen molar-refractivity contribution >= 4 is 47.4 Å². The largest absolute Gasteiger partial charge is 0.481 e. The molecule has 0 radical (unpaired) electrons. The Hall–Kier alpha value is -4.28. The second-order valence-corrected chi connectivity index (χ2v) is 7.33. The van der Waals surface area contributed by atoms with Crippen molar-refractivity contribution in [2.24, 2.45) is 17.2 Å². The van der Waals surface area contributed by atoms with Gasteiger partial charge in [0.25, 0.3) is 0 Å². The van der Waals surface area contributed by atoms with Gasteiger partial charge in [0.1, 0.15) is 18.1 Å². The monoisotopic (exact) mass is 504 g/mol. The Kier molecular flexibility index (Phi) is 13.0. The Morgan fingerprint density at radius 1 is 0.600 bits per heavy atom. The molecule has 35 heavy (non-hydrogen) atoms. The fourth-order valence-corrected chi connectivity index (χ4v) is 2.57. The number of amides is 5. The van der Waals surface area contributed by atoms with Crippen LogP contribution in [0.2, 0.25) is 0 Å². The van der Waals surface area contributed by atoms with Gasteiger partial charge in [0.2, 0.25) is 29.5 Å². The van der Waals surface area contributed by atoms with Crippen molar-refractivity contribution in [3.05, 3.63) is 0 Å². The first kappa shape index (κ1) is 30.7. The molecule has 0 aromatic carbocycles. The van der Waals surface area contributed by atoms with Gasteiger partial charge in [-0.15, -0.1) is 0 Å². The summed E-state index contributed by atoms with van der Waals surface area (Å²) in [5.41, 5.74) is 15.7. The normalized spacial score (nSPS) is 13.9. The first-order valence-corrected chi connectivity index (χ1v) is 10.0. The maximum atomic E-state index is 12.7. The van der Waals surface area contributed by atoms with Crippen LogP contribution in [0.4, 0.5) is 0 Å². The summed E-state index contributed by atoms with van der Waals surface area (Å²) in [7, 11) is 0. The Morgan fingerprint density at radius 3 is 1.57 bits per heavy atom. The van der Waals surface area contributed by atoms with E-state index in [1.54, 1.807) is 0 Å². The Balaban J connectivity index is 5.59. The first-order valence-electron chi connectivity index (χ1n) is 10.0. The molecule has 0 aromatic rings. The molecule has 5 amide bonds. The highest BCUT2D eigenvalue weighted by Crippen LogP contribution is 2.04. The lowest BCUT2D eigenvalue weighted by Crippen LogP contribution is -2.58. The Labute approximate surface area is 197 Å². The molecule has 0 aliphatic rings. The van der Waals surface area contributed by atoms with Crippen molar-refractivity contribution in [2.75, 3.05) is 0 Å². The number of hydrogen-bond acceptors (Lipinski definition) is 9. The van der Waals surface area contributed by atoms with Gasteiger partial charge in [-0.1, -0.05) is 0 Å². The van der Waals surface area contributed by atoms with Gasteiger partial charge in [0.15, 0.2) is 0 Å². The topological polar surface area (TPSA) is 311 Å². The zero-order valence-corrected chi connectivity index (χ0v) is 18.4. The average Bonchev–Trinajstić information content (AvgIpc) is 2.72. The van der Waals surface area contributed by atoms with E-state index in [0.717, 1.165) is 0 Å². The van der Waals surface area contributed by atoms with Crippen LogP contribution in [0.1, 0.15) is 38.5 Å². The summed E-state index contributed by atoms with van der Waals surface area (Å²) in [6.45, 7) is 0. The standard InChI is InChI=1S/C18H28N6O11/c19-7(1-4-13(27)28)15(31)22-8(2-3-11(20)25)16(32)23-9(5-12(21)26)17(33)24-10(18(34)35)6-14(29)30/h7-10H,1-6,19H2,(H2,20,25)(H2,21,26)(H,22,31)(H,23,32)(H,24,33)(H,27,28)(H,29,30)(H,34,35). The number of rotatable bonds is 17. The zero-order valence-electron chi connectivity index (χ0n) is 18.4. The van der Waals surface area contributed by atoms with E-state index >= 15 is 0 Å². The summed E-state index contributed by atoms with van der Waals surface area (Å²) in [6, 6.07) is -6.54. The summed E-state index contributed by atoms with van der Waals surface area (Å²) in [6.07, 6.45) is -3.35. The molecule has 0 aromatic heterocycles. The summed E-state index contributed by atoms with van der Waals surface area (Å²) >= 11 is 0. The maximum Gasteiger partial charge on any atom is 0.326 e. The van der Waals surface area contributed by atoms with Gasteiger partial charge in [-0.05, 0) is 12.8 Å². The lowest BCUT2D eigenvalue weighted by molar-refractivity contribution is -0.147. The number of nitrogens with one attached hydrogen (secondary N) is 3. The molecule has 17 heteroatoms. The van der Waals surface area contributed by atoms with Crippen LogP contribution in [-0.2, 0) is 38.4 Å². The van der Waals surface area contributed by atoms with Crippen LogP contribution >= 0.6 is 0 Å². The molecule has 4 atom stereocenters. The van der Waals surface area contributed by atoms with Crippen molar-refractivity contribution in [3.63, 3.8) is 0 Å². The number of hydrogen-bond donors (Lipinski definition) is 9. The SMILES string of the molecule is NC(=O)CCC(NC(=O)C(N)CCC(=O)O)C(=O)NC(CC(N)=O)C(=O)NC(CC(=O)O)C(=O)O. The molecule has 0 heterocycles. The molecule has 0 saturated heterocycles. The van der Waals surface area contributed by atoms with E-state index in [4.69, 9.17) is 32.5 Å². The van der Waals surface area contributed by atoms with Gasteiger partial charge < -0.3 is 48.5 Å². The fourth-order valence-electron chi connectivity index (χ4n) is 2.57. The van der Waals surface area contributed by atoms with E-state index in [-0.39, 0.29) is 12.8 Å². The molecule has 0 fully saturated rings. The van der Waals surface area contributed by atoms with Gasteiger partial charge in [0.05, 0.1) is 18.9 Å². The molecule has 0 rings (SSSR count). The van der Waals surface area contributed by atoms with Crippen molar-refractivity contribution < 1.29 is 53.7 Å². The molecule has 0 spiro atoms. The number of carboxylic acid groups (broad SMARTS) is 3. The molecular formula is C18H28N6O11. The minimum atomic E-state index is -1.90. The van der Waals surface area contributed by atoms with E-state index in [2.05, 4.69) is 10.6 Å². The highest BCUT2D eigenvalue weighted by molar-refractivity contribution is 5.96. The molecule has 0 bridgehead atoms. The lowest BCUT2D eigenvalue weighted by atomic mass is 10.1. The van der Waals surface area contributed by atoms with E-state index < -0.39 is 97.3 Å². The van der Waals surface area contributed by atoms with Crippen molar-refractivity contribution in [1.29, 1.82) is 0 Å². The molecular weight excluding hydrogens is 476 g/mol. The van der Waals surface area contributed by atoms with Crippen LogP contribution in [0.3, 0.4) is 0 Å². The zero-order chi connectivity index (χ0) is 27.3. The van der Waals surface area contributed by atoms with Gasteiger partial charge in [-0.25, -0.2) is 4.79 Å². The number of nitrogens with two attached hydrogens (primary N) is 3. The van der Waals surface area contributed by atoms with Crippen LogP contribution in [0.25, 0.3) is 0 Å². The van der Waals surface area contributed by atoms with Crippen LogP contribution < -0.4 is 33.2 Å². The second-order valence-electron chi connectivity index (χ2n) is 7.33. The third-order valence-corrected chi connectivity index (χ3v) is 4.35. The first-order chi connectivity index (χ1) is 16.1. The maximum absolute atomic E-state index is 12.7. The number of aliphatic carboxylic acids is 3. The highest BCUT2D eigenvalue weighted by atomic mass is 16.4. The van der Waals surface area contributed by atoms with Gasteiger partial charge in [-0.3, -0.25) is 33.6 Å². The molecule has 17 nitrogen and oxygen atoms in total. The van der Waals surface area contributed by atoms with Gasteiger partial charge in [0, 0.05) is 12.8 Å². The lowest BCUT2D eigenvalue weighted by Gasteiger charge is -2.24. The van der Waals surface area contributed by atoms with E-state index in [1.165, 1.54) is 0 Å². The molecule has 0 saturated carbocycles. The smallest absolute Gasteiger partial charge is 0.326 e.